The average Bonchev–Trinajstić information content (AvgIpc) is 2.79. The van der Waals surface area contributed by atoms with Crippen molar-refractivity contribution < 1.29 is 14.3 Å². The predicted octanol–water partition coefficient (Wildman–Crippen LogP) is 1.93. The fraction of sp³-hybridized carbons (Fsp3) is 0.444. The lowest BCUT2D eigenvalue weighted by Gasteiger charge is -2.20. The Kier molecular flexibility index (Phi) is 5.11. The molecule has 25 heavy (non-hydrogen) atoms. The van der Waals surface area contributed by atoms with Crippen molar-refractivity contribution in [2.75, 3.05) is 13.1 Å². The Morgan fingerprint density at radius 1 is 1.28 bits per heavy atom. The Morgan fingerprint density at radius 3 is 2.92 bits per heavy atom. The monoisotopic (exact) mass is 343 g/mol. The minimum absolute atomic E-state index is 0.0145. The molecule has 0 radical (unpaired) electrons. The molecule has 0 spiro atoms. The number of hydrogen-bond donors (Lipinski definition) is 1. The van der Waals surface area contributed by atoms with Gasteiger partial charge in [0.2, 0.25) is 5.91 Å². The predicted molar refractivity (Wildman–Crippen MR) is 91.9 cm³/mol. The van der Waals surface area contributed by atoms with Gasteiger partial charge in [-0.1, -0.05) is 18.6 Å². The molecule has 1 N–H and O–H groups in total. The van der Waals surface area contributed by atoms with Crippen LogP contribution in [0.3, 0.4) is 0 Å². The van der Waals surface area contributed by atoms with Gasteiger partial charge in [0.1, 0.15) is 6.54 Å². The number of likely N-dealkylation sites (tertiary alicyclic amines) is 1. The van der Waals surface area contributed by atoms with Gasteiger partial charge in [-0.25, -0.2) is 4.98 Å². The fourth-order valence-corrected chi connectivity index (χ4v) is 2.95. The number of ether oxygens (including phenoxy) is 1. The minimum Gasteiger partial charge on any atom is -0.453 e. The highest BCUT2D eigenvalue weighted by atomic mass is 16.5. The number of nitrogens with zero attached hydrogens (tertiary/aromatic N) is 2. The van der Waals surface area contributed by atoms with Crippen molar-refractivity contribution >= 4 is 22.8 Å². The molecule has 1 aromatic carbocycles. The van der Waals surface area contributed by atoms with Gasteiger partial charge in [-0.2, -0.15) is 0 Å². The Labute approximate surface area is 145 Å². The molecule has 0 bridgehead atoms. The van der Waals surface area contributed by atoms with E-state index in [-0.39, 0.29) is 18.0 Å². The van der Waals surface area contributed by atoms with E-state index < -0.39 is 12.1 Å². The molecule has 132 valence electrons. The highest BCUT2D eigenvalue weighted by Crippen LogP contribution is 2.16. The highest BCUT2D eigenvalue weighted by Gasteiger charge is 2.22. The fourth-order valence-electron chi connectivity index (χ4n) is 2.95. The van der Waals surface area contributed by atoms with Crippen LogP contribution in [0.2, 0.25) is 0 Å². The van der Waals surface area contributed by atoms with E-state index in [0.29, 0.717) is 29.7 Å². The zero-order valence-electron chi connectivity index (χ0n) is 14.2. The van der Waals surface area contributed by atoms with Gasteiger partial charge in [0.25, 0.3) is 5.56 Å². The second-order valence-electron chi connectivity index (χ2n) is 6.23. The number of carbonyl (C=O) groups excluding carboxylic acids is 2. The number of hydrogen-bond acceptors (Lipinski definition) is 5. The van der Waals surface area contributed by atoms with Crippen LogP contribution in [0, 0.1) is 0 Å². The van der Waals surface area contributed by atoms with E-state index in [1.807, 2.05) is 0 Å². The van der Waals surface area contributed by atoms with Crippen molar-refractivity contribution in [2.24, 2.45) is 0 Å². The molecular weight excluding hydrogens is 322 g/mol. The van der Waals surface area contributed by atoms with E-state index in [9.17, 15) is 14.4 Å². The maximum absolute atomic E-state index is 12.2. The van der Waals surface area contributed by atoms with Crippen molar-refractivity contribution in [3.8, 4) is 0 Å². The topological polar surface area (TPSA) is 92.4 Å². The number of para-hydroxylation sites is 1. The zero-order valence-corrected chi connectivity index (χ0v) is 14.2. The van der Waals surface area contributed by atoms with Crippen LogP contribution in [0.4, 0.5) is 0 Å². The molecule has 1 atom stereocenters. The van der Waals surface area contributed by atoms with Gasteiger partial charge in [0.15, 0.2) is 11.9 Å². The zero-order chi connectivity index (χ0) is 17.8. The molecule has 1 saturated heterocycles. The molecule has 0 unspecified atom stereocenters. The van der Waals surface area contributed by atoms with Crippen molar-refractivity contribution in [1.82, 2.24) is 14.9 Å². The molecular formula is C18H21N3O4. The average molecular weight is 343 g/mol. The molecule has 2 aromatic rings. The van der Waals surface area contributed by atoms with Crippen molar-refractivity contribution in [1.29, 1.82) is 0 Å². The third kappa shape index (κ3) is 4.04. The molecule has 2 heterocycles. The van der Waals surface area contributed by atoms with Gasteiger partial charge in [-0.05, 0) is 31.9 Å². The summed E-state index contributed by atoms with van der Waals surface area (Å²) in [5.74, 6) is -0.225. The molecule has 1 aromatic heterocycles. The quantitative estimate of drug-likeness (QED) is 0.856. The normalized spacial score (nSPS) is 16.5. The summed E-state index contributed by atoms with van der Waals surface area (Å²) in [6.45, 7) is 2.16. The van der Waals surface area contributed by atoms with E-state index in [1.54, 1.807) is 36.1 Å². The number of esters is 1. The Bertz CT molecular complexity index is 846. The molecule has 1 amide bonds. The first-order chi connectivity index (χ1) is 12.0. The Morgan fingerprint density at radius 2 is 2.08 bits per heavy atom. The number of aromatic amines is 1. The maximum Gasteiger partial charge on any atom is 0.326 e. The SMILES string of the molecule is C[C@H](OC(=O)CN1CCCCCC1=O)c1nc2ccccc2c(=O)[nH]1. The first-order valence-electron chi connectivity index (χ1n) is 8.51. The maximum atomic E-state index is 12.2. The van der Waals surface area contributed by atoms with Crippen molar-refractivity contribution in [3.63, 3.8) is 0 Å². The number of amides is 1. The molecule has 1 aliphatic rings. The van der Waals surface area contributed by atoms with Crippen molar-refractivity contribution in [2.45, 2.75) is 38.7 Å². The summed E-state index contributed by atoms with van der Waals surface area (Å²) in [6.07, 6.45) is 2.53. The van der Waals surface area contributed by atoms with Gasteiger partial charge < -0.3 is 14.6 Å². The Hall–Kier alpha value is -2.70. The van der Waals surface area contributed by atoms with E-state index in [1.165, 1.54) is 0 Å². The number of benzene rings is 1. The summed E-state index contributed by atoms with van der Waals surface area (Å²) < 4.78 is 5.37. The second-order valence-corrected chi connectivity index (χ2v) is 6.23. The summed E-state index contributed by atoms with van der Waals surface area (Å²) >= 11 is 0. The van der Waals surface area contributed by atoms with E-state index in [2.05, 4.69) is 9.97 Å². The molecule has 7 nitrogen and oxygen atoms in total. The van der Waals surface area contributed by atoms with Crippen LogP contribution in [0.5, 0.6) is 0 Å². The molecule has 1 aliphatic heterocycles. The summed E-state index contributed by atoms with van der Waals surface area (Å²) in [5, 5.41) is 0.486. The van der Waals surface area contributed by atoms with Gasteiger partial charge in [0, 0.05) is 13.0 Å². The summed E-state index contributed by atoms with van der Waals surface area (Å²) in [6, 6.07) is 6.98. The molecule has 1 fully saturated rings. The van der Waals surface area contributed by atoms with Gasteiger partial charge >= 0.3 is 5.97 Å². The first kappa shape index (κ1) is 17.1. The second kappa shape index (κ2) is 7.46. The molecule has 0 saturated carbocycles. The van der Waals surface area contributed by atoms with Crippen LogP contribution >= 0.6 is 0 Å². The minimum atomic E-state index is -0.702. The third-order valence-electron chi connectivity index (χ3n) is 4.32. The Balaban J connectivity index is 1.69. The lowest BCUT2D eigenvalue weighted by atomic mass is 10.2. The van der Waals surface area contributed by atoms with Gasteiger partial charge in [0.05, 0.1) is 10.9 Å². The van der Waals surface area contributed by atoms with E-state index >= 15 is 0 Å². The van der Waals surface area contributed by atoms with Crippen LogP contribution in [-0.2, 0) is 14.3 Å². The third-order valence-corrected chi connectivity index (χ3v) is 4.32. The number of rotatable bonds is 4. The van der Waals surface area contributed by atoms with Crippen LogP contribution in [-0.4, -0.2) is 39.8 Å². The van der Waals surface area contributed by atoms with E-state index in [0.717, 1.165) is 19.3 Å². The largest absolute Gasteiger partial charge is 0.453 e. The van der Waals surface area contributed by atoms with Gasteiger partial charge in [-0.15, -0.1) is 0 Å². The van der Waals surface area contributed by atoms with Crippen LogP contribution in [0.25, 0.3) is 10.9 Å². The highest BCUT2D eigenvalue weighted by molar-refractivity contribution is 5.82. The summed E-state index contributed by atoms with van der Waals surface area (Å²) in [5.41, 5.74) is 0.276. The van der Waals surface area contributed by atoms with Crippen LogP contribution in [0.1, 0.15) is 44.5 Å². The van der Waals surface area contributed by atoms with E-state index in [4.69, 9.17) is 4.74 Å². The van der Waals surface area contributed by atoms with Crippen LogP contribution in [0.15, 0.2) is 29.1 Å². The molecule has 0 aliphatic carbocycles. The van der Waals surface area contributed by atoms with Crippen molar-refractivity contribution in [3.05, 3.63) is 40.4 Å². The smallest absolute Gasteiger partial charge is 0.326 e. The number of aromatic nitrogens is 2. The molecule has 7 heteroatoms. The van der Waals surface area contributed by atoms with Crippen LogP contribution < -0.4 is 5.56 Å². The summed E-state index contributed by atoms with van der Waals surface area (Å²) in [7, 11) is 0. The first-order valence-corrected chi connectivity index (χ1v) is 8.51. The van der Waals surface area contributed by atoms with Gasteiger partial charge in [-0.3, -0.25) is 14.4 Å². The number of nitrogens with one attached hydrogen (secondary N) is 1. The lowest BCUT2D eigenvalue weighted by Crippen LogP contribution is -2.36. The number of H-pyrrole nitrogens is 1. The standard InChI is InChI=1S/C18H21N3O4/c1-12(17-19-14-8-5-4-7-13(14)18(24)20-17)25-16(23)11-21-10-6-2-3-9-15(21)22/h4-5,7-8,12H,2-3,6,9-11H2,1H3,(H,19,20,24)/t12-/m0/s1. The molecule has 3 rings (SSSR count). The summed E-state index contributed by atoms with van der Waals surface area (Å²) in [4.78, 5) is 44.8. The lowest BCUT2D eigenvalue weighted by molar-refractivity contribution is -0.153. The number of carbonyl (C=O) groups is 2. The number of fused-ring (bicyclic) bond motifs is 1.